The maximum absolute atomic E-state index is 13.7. The van der Waals surface area contributed by atoms with Crippen LogP contribution in [0, 0.1) is 25.5 Å². The number of nitrogens with one attached hydrogen (secondary N) is 1. The Morgan fingerprint density at radius 1 is 0.900 bits per heavy atom. The Hall–Kier alpha value is -1.74. The summed E-state index contributed by atoms with van der Waals surface area (Å²) in [6.45, 7) is 6.15. The van der Waals surface area contributed by atoms with Crippen LogP contribution in [-0.2, 0) is 0 Å². The summed E-state index contributed by atoms with van der Waals surface area (Å²) in [5.41, 5.74) is 2.83. The Morgan fingerprint density at radius 3 is 1.70 bits per heavy atom. The summed E-state index contributed by atoms with van der Waals surface area (Å²) in [5.74, 6) is -0.476. The largest absolute Gasteiger partial charge is 0.307 e. The van der Waals surface area contributed by atoms with Crippen molar-refractivity contribution in [2.24, 2.45) is 0 Å². The first-order chi connectivity index (χ1) is 9.52. The van der Waals surface area contributed by atoms with Crippen molar-refractivity contribution >= 4 is 0 Å². The van der Waals surface area contributed by atoms with Crippen LogP contribution in [0.1, 0.15) is 35.2 Å². The molecule has 0 unspecified atom stereocenters. The predicted octanol–water partition coefficient (Wildman–Crippen LogP) is 4.28. The summed E-state index contributed by atoms with van der Waals surface area (Å²) in [5, 5.41) is 3.28. The van der Waals surface area contributed by atoms with Crippen molar-refractivity contribution < 1.29 is 8.78 Å². The van der Waals surface area contributed by atoms with Crippen molar-refractivity contribution in [3.05, 3.63) is 70.3 Å². The molecule has 0 aromatic heterocycles. The molecule has 0 saturated carbocycles. The monoisotopic (exact) mass is 275 g/mol. The molecule has 2 aromatic rings. The van der Waals surface area contributed by atoms with Gasteiger partial charge < -0.3 is 5.32 Å². The SMILES string of the molecule is CCNC(c1ccc(C)c(F)c1)c1ccc(C)c(F)c1. The normalized spacial score (nSPS) is 11.1. The van der Waals surface area contributed by atoms with Crippen molar-refractivity contribution in [1.82, 2.24) is 5.32 Å². The van der Waals surface area contributed by atoms with Crippen LogP contribution in [0.4, 0.5) is 8.78 Å². The first-order valence-corrected chi connectivity index (χ1v) is 6.78. The molecule has 2 aromatic carbocycles. The van der Waals surface area contributed by atoms with E-state index in [0.717, 1.165) is 17.7 Å². The van der Waals surface area contributed by atoms with E-state index >= 15 is 0 Å². The molecule has 1 N–H and O–H groups in total. The summed E-state index contributed by atoms with van der Waals surface area (Å²) in [6, 6.07) is 10.1. The van der Waals surface area contributed by atoms with Gasteiger partial charge in [-0.25, -0.2) is 8.78 Å². The number of benzene rings is 2. The zero-order valence-electron chi connectivity index (χ0n) is 12.0. The van der Waals surface area contributed by atoms with E-state index in [1.807, 2.05) is 19.1 Å². The Labute approximate surface area is 118 Å². The molecule has 0 spiro atoms. The third-order valence-electron chi connectivity index (χ3n) is 3.47. The molecule has 0 bridgehead atoms. The standard InChI is InChI=1S/C17H19F2N/c1-4-20-17(13-7-5-11(2)15(18)9-13)14-8-6-12(3)16(19)10-14/h5-10,17,20H,4H2,1-3H3. The van der Waals surface area contributed by atoms with Gasteiger partial charge in [-0.1, -0.05) is 31.2 Å². The van der Waals surface area contributed by atoms with E-state index in [2.05, 4.69) is 5.32 Å². The van der Waals surface area contributed by atoms with Crippen molar-refractivity contribution in [3.63, 3.8) is 0 Å². The minimum absolute atomic E-state index is 0.204. The van der Waals surface area contributed by atoms with Crippen LogP contribution in [-0.4, -0.2) is 6.54 Å². The fraction of sp³-hybridized carbons (Fsp3) is 0.294. The van der Waals surface area contributed by atoms with Gasteiger partial charge in [-0.15, -0.1) is 0 Å². The third-order valence-corrected chi connectivity index (χ3v) is 3.47. The van der Waals surface area contributed by atoms with Gasteiger partial charge in [0.25, 0.3) is 0 Å². The number of hydrogen-bond acceptors (Lipinski definition) is 1. The molecule has 0 fully saturated rings. The van der Waals surface area contributed by atoms with E-state index in [9.17, 15) is 8.78 Å². The maximum atomic E-state index is 13.7. The number of hydrogen-bond donors (Lipinski definition) is 1. The molecule has 0 amide bonds. The smallest absolute Gasteiger partial charge is 0.126 e. The van der Waals surface area contributed by atoms with Gasteiger partial charge >= 0.3 is 0 Å². The topological polar surface area (TPSA) is 12.0 Å². The number of rotatable bonds is 4. The Morgan fingerprint density at radius 2 is 1.35 bits per heavy atom. The highest BCUT2D eigenvalue weighted by molar-refractivity contribution is 5.35. The minimum atomic E-state index is -0.238. The summed E-state index contributed by atoms with van der Waals surface area (Å²) >= 11 is 0. The van der Waals surface area contributed by atoms with Crippen molar-refractivity contribution in [1.29, 1.82) is 0 Å². The van der Waals surface area contributed by atoms with Gasteiger partial charge in [-0.3, -0.25) is 0 Å². The van der Waals surface area contributed by atoms with Gasteiger partial charge in [-0.2, -0.15) is 0 Å². The van der Waals surface area contributed by atoms with Crippen LogP contribution in [0.3, 0.4) is 0 Å². The van der Waals surface area contributed by atoms with Crippen LogP contribution in [0.25, 0.3) is 0 Å². The average Bonchev–Trinajstić information content (AvgIpc) is 2.43. The molecule has 0 radical (unpaired) electrons. The lowest BCUT2D eigenvalue weighted by atomic mass is 9.96. The number of halogens is 2. The highest BCUT2D eigenvalue weighted by Gasteiger charge is 2.15. The highest BCUT2D eigenvalue weighted by atomic mass is 19.1. The van der Waals surface area contributed by atoms with Crippen LogP contribution >= 0.6 is 0 Å². The molecular formula is C17H19F2N. The fourth-order valence-electron chi connectivity index (χ4n) is 2.21. The van der Waals surface area contributed by atoms with Crippen molar-refractivity contribution in [2.45, 2.75) is 26.8 Å². The first kappa shape index (κ1) is 14.7. The van der Waals surface area contributed by atoms with E-state index in [1.165, 1.54) is 12.1 Å². The van der Waals surface area contributed by atoms with E-state index in [-0.39, 0.29) is 17.7 Å². The van der Waals surface area contributed by atoms with Crippen molar-refractivity contribution in [2.75, 3.05) is 6.54 Å². The van der Waals surface area contributed by atoms with Gasteiger partial charge in [0.2, 0.25) is 0 Å². The molecule has 2 rings (SSSR count). The highest BCUT2D eigenvalue weighted by Crippen LogP contribution is 2.25. The van der Waals surface area contributed by atoms with Crippen LogP contribution < -0.4 is 5.32 Å². The minimum Gasteiger partial charge on any atom is -0.307 e. The molecule has 0 atom stereocenters. The van der Waals surface area contributed by atoms with E-state index in [4.69, 9.17) is 0 Å². The van der Waals surface area contributed by atoms with E-state index in [1.54, 1.807) is 26.0 Å². The van der Waals surface area contributed by atoms with Gasteiger partial charge in [-0.05, 0) is 54.8 Å². The number of aryl methyl sites for hydroxylation is 2. The summed E-state index contributed by atoms with van der Waals surface area (Å²) in [7, 11) is 0. The van der Waals surface area contributed by atoms with Crippen molar-refractivity contribution in [3.8, 4) is 0 Å². The Bertz CT molecular complexity index is 556. The lowest BCUT2D eigenvalue weighted by Crippen LogP contribution is -2.22. The molecular weight excluding hydrogens is 256 g/mol. The van der Waals surface area contributed by atoms with Gasteiger partial charge in [0, 0.05) is 0 Å². The van der Waals surface area contributed by atoms with Crippen LogP contribution in [0.5, 0.6) is 0 Å². The quantitative estimate of drug-likeness (QED) is 0.878. The molecule has 0 aliphatic carbocycles. The van der Waals surface area contributed by atoms with E-state index in [0.29, 0.717) is 11.1 Å². The molecule has 0 saturated heterocycles. The zero-order chi connectivity index (χ0) is 14.7. The molecule has 0 aliphatic heterocycles. The zero-order valence-corrected chi connectivity index (χ0v) is 12.0. The van der Waals surface area contributed by atoms with Gasteiger partial charge in [0.05, 0.1) is 6.04 Å². The van der Waals surface area contributed by atoms with E-state index < -0.39 is 0 Å². The van der Waals surface area contributed by atoms with Crippen LogP contribution in [0.15, 0.2) is 36.4 Å². The molecule has 106 valence electrons. The Kier molecular flexibility index (Phi) is 4.50. The summed E-state index contributed by atoms with van der Waals surface area (Å²) in [6.07, 6.45) is 0. The summed E-state index contributed by atoms with van der Waals surface area (Å²) in [4.78, 5) is 0. The predicted molar refractivity (Wildman–Crippen MR) is 77.8 cm³/mol. The second-order valence-corrected chi connectivity index (χ2v) is 5.01. The van der Waals surface area contributed by atoms with Gasteiger partial charge in [0.1, 0.15) is 11.6 Å². The fourth-order valence-corrected chi connectivity index (χ4v) is 2.21. The lowest BCUT2D eigenvalue weighted by molar-refractivity contribution is 0.587. The average molecular weight is 275 g/mol. The first-order valence-electron chi connectivity index (χ1n) is 6.78. The van der Waals surface area contributed by atoms with Crippen LogP contribution in [0.2, 0.25) is 0 Å². The molecule has 3 heteroatoms. The molecule has 20 heavy (non-hydrogen) atoms. The second kappa shape index (κ2) is 6.14. The molecule has 0 heterocycles. The molecule has 1 nitrogen and oxygen atoms in total. The Balaban J connectivity index is 2.44. The lowest BCUT2D eigenvalue weighted by Gasteiger charge is -2.20. The summed E-state index contributed by atoms with van der Waals surface area (Å²) < 4.78 is 27.5. The molecule has 0 aliphatic rings. The second-order valence-electron chi connectivity index (χ2n) is 5.01. The van der Waals surface area contributed by atoms with Gasteiger partial charge in [0.15, 0.2) is 0 Å². The third kappa shape index (κ3) is 3.05. The maximum Gasteiger partial charge on any atom is 0.126 e.